The lowest BCUT2D eigenvalue weighted by Gasteiger charge is -2.07. The summed E-state index contributed by atoms with van der Waals surface area (Å²) in [5.41, 5.74) is 8.53. The van der Waals surface area contributed by atoms with Gasteiger partial charge in [-0.1, -0.05) is 54.6 Å². The molecule has 41 heavy (non-hydrogen) atoms. The Morgan fingerprint density at radius 1 is 0.707 bits per heavy atom. The number of para-hydroxylation sites is 2. The molecular weight excluding hydrogens is 506 g/mol. The zero-order chi connectivity index (χ0) is 27.7. The third-order valence-corrected chi connectivity index (χ3v) is 8.07. The molecule has 0 aliphatic heterocycles. The van der Waals surface area contributed by atoms with Crippen molar-refractivity contribution in [3.8, 4) is 34.3 Å². The molecule has 0 atom stereocenters. The van der Waals surface area contributed by atoms with Crippen molar-refractivity contribution in [2.75, 3.05) is 0 Å². The number of rotatable bonds is 3. The van der Waals surface area contributed by atoms with Crippen LogP contribution in [-0.4, -0.2) is 4.57 Å². The first-order valence-corrected chi connectivity index (χ1v) is 13.6. The maximum absolute atomic E-state index is 10.2. The van der Waals surface area contributed by atoms with Crippen LogP contribution in [0.2, 0.25) is 0 Å². The van der Waals surface area contributed by atoms with Crippen LogP contribution in [0.25, 0.3) is 72.1 Å². The number of imidazole rings is 1. The van der Waals surface area contributed by atoms with Crippen molar-refractivity contribution >= 4 is 43.9 Å². The predicted molar refractivity (Wildman–Crippen MR) is 162 cm³/mol. The van der Waals surface area contributed by atoms with Crippen LogP contribution in [0.5, 0.6) is 0 Å². The highest BCUT2D eigenvalue weighted by molar-refractivity contribution is 6.14. The Balaban J connectivity index is 1.42. The van der Waals surface area contributed by atoms with Crippen LogP contribution >= 0.6 is 0 Å². The van der Waals surface area contributed by atoms with Crippen LogP contribution < -0.4 is 4.57 Å². The third kappa shape index (κ3) is 3.38. The largest absolute Gasteiger partial charge is 0.456 e. The molecule has 0 spiro atoms. The van der Waals surface area contributed by atoms with E-state index in [1.54, 1.807) is 0 Å². The Kier molecular flexibility index (Phi) is 4.95. The number of nitrogens with zero attached hydrogens (tertiary/aromatic N) is 3. The minimum atomic E-state index is 0.559. The lowest BCUT2D eigenvalue weighted by Crippen LogP contribution is -2.29. The number of nitriles is 1. The van der Waals surface area contributed by atoms with E-state index in [1.807, 2.05) is 54.6 Å². The van der Waals surface area contributed by atoms with E-state index in [-0.39, 0.29) is 0 Å². The van der Waals surface area contributed by atoms with Crippen molar-refractivity contribution < 1.29 is 13.4 Å². The molecule has 0 aliphatic carbocycles. The van der Waals surface area contributed by atoms with Crippen molar-refractivity contribution in [3.05, 3.63) is 121 Å². The molecule has 5 aromatic carbocycles. The predicted octanol–water partition coefficient (Wildman–Crippen LogP) is 8.61. The van der Waals surface area contributed by atoms with E-state index in [4.69, 9.17) is 8.83 Å². The fourth-order valence-corrected chi connectivity index (χ4v) is 6.11. The van der Waals surface area contributed by atoms with E-state index in [9.17, 15) is 5.26 Å². The van der Waals surface area contributed by atoms with Gasteiger partial charge in [0, 0.05) is 27.1 Å². The second-order valence-electron chi connectivity index (χ2n) is 10.5. The van der Waals surface area contributed by atoms with Gasteiger partial charge in [-0.05, 0) is 60.5 Å². The maximum atomic E-state index is 10.2. The fraction of sp³-hybridized carbons (Fsp3) is 0.0556. The Morgan fingerprint density at radius 3 is 2.24 bits per heavy atom. The monoisotopic (exact) mass is 530 g/mol. The number of furan rings is 2. The minimum absolute atomic E-state index is 0.559. The molecule has 0 bridgehead atoms. The van der Waals surface area contributed by atoms with Crippen molar-refractivity contribution in [1.82, 2.24) is 4.57 Å². The van der Waals surface area contributed by atoms with Gasteiger partial charge in [0.05, 0.1) is 18.7 Å². The van der Waals surface area contributed by atoms with E-state index in [1.165, 1.54) is 0 Å². The number of benzene rings is 5. The van der Waals surface area contributed by atoms with Crippen molar-refractivity contribution in [3.63, 3.8) is 0 Å². The van der Waals surface area contributed by atoms with E-state index in [0.717, 1.165) is 72.1 Å². The molecule has 8 aromatic rings. The lowest BCUT2D eigenvalue weighted by atomic mass is 9.96. The van der Waals surface area contributed by atoms with E-state index < -0.39 is 0 Å². The van der Waals surface area contributed by atoms with Gasteiger partial charge in [-0.3, -0.25) is 0 Å². The summed E-state index contributed by atoms with van der Waals surface area (Å²) < 4.78 is 17.3. The van der Waals surface area contributed by atoms with Gasteiger partial charge in [0.25, 0.3) is 5.82 Å². The zero-order valence-electron chi connectivity index (χ0n) is 22.6. The molecule has 0 radical (unpaired) electrons. The summed E-state index contributed by atoms with van der Waals surface area (Å²) >= 11 is 0. The smallest absolute Gasteiger partial charge is 0.297 e. The summed E-state index contributed by atoms with van der Waals surface area (Å²) in [6.07, 6.45) is 4.14. The van der Waals surface area contributed by atoms with Gasteiger partial charge in [-0.2, -0.15) is 9.83 Å². The first kappa shape index (κ1) is 23.3. The minimum Gasteiger partial charge on any atom is -0.456 e. The molecule has 0 N–H and O–H groups in total. The van der Waals surface area contributed by atoms with E-state index in [0.29, 0.717) is 11.1 Å². The molecule has 0 amide bonds. The first-order chi connectivity index (χ1) is 20.1. The summed E-state index contributed by atoms with van der Waals surface area (Å²) in [5.74, 6) is 1.02. The van der Waals surface area contributed by atoms with Crippen LogP contribution in [0, 0.1) is 18.3 Å². The van der Waals surface area contributed by atoms with Crippen LogP contribution in [-0.2, 0) is 7.05 Å². The topological polar surface area (TPSA) is 58.9 Å². The number of aryl methyl sites for hydroxylation is 2. The summed E-state index contributed by atoms with van der Waals surface area (Å²) in [7, 11) is 2.05. The highest BCUT2D eigenvalue weighted by atomic mass is 16.3. The van der Waals surface area contributed by atoms with Gasteiger partial charge in [-0.25, -0.2) is 4.57 Å². The van der Waals surface area contributed by atoms with Gasteiger partial charge in [0.15, 0.2) is 5.58 Å². The maximum Gasteiger partial charge on any atom is 0.297 e. The van der Waals surface area contributed by atoms with Crippen LogP contribution in [0.3, 0.4) is 0 Å². The normalized spacial score (nSPS) is 11.6. The van der Waals surface area contributed by atoms with Gasteiger partial charge in [0.2, 0.25) is 0 Å². The average molecular weight is 531 g/mol. The molecule has 5 nitrogen and oxygen atoms in total. The lowest BCUT2D eigenvalue weighted by molar-refractivity contribution is -0.659. The second-order valence-corrected chi connectivity index (χ2v) is 10.5. The SMILES string of the molecule is Cc1ccc2c(oc3c(-c4ccc5c(c4)oc4ccccc45)c(C#N)ccc32)c1-c1n(-c2ccccc2)cc[n+]1C. The molecule has 8 rings (SSSR count). The molecule has 5 heteroatoms. The van der Waals surface area contributed by atoms with E-state index in [2.05, 4.69) is 84.0 Å². The molecule has 3 heterocycles. The molecule has 0 saturated heterocycles. The number of hydrogen-bond donors (Lipinski definition) is 0. The highest BCUT2D eigenvalue weighted by Gasteiger charge is 2.27. The van der Waals surface area contributed by atoms with Crippen molar-refractivity contribution in [1.29, 1.82) is 5.26 Å². The Labute approximate surface area is 235 Å². The summed E-state index contributed by atoms with van der Waals surface area (Å²) in [5, 5.41) is 14.3. The number of fused-ring (bicyclic) bond motifs is 6. The Hall–Kier alpha value is -5.60. The summed E-state index contributed by atoms with van der Waals surface area (Å²) in [6, 6.07) is 35.0. The van der Waals surface area contributed by atoms with Crippen LogP contribution in [0.4, 0.5) is 0 Å². The molecular formula is C36H24N3O2+. The molecule has 194 valence electrons. The van der Waals surface area contributed by atoms with Crippen LogP contribution in [0.1, 0.15) is 11.1 Å². The van der Waals surface area contributed by atoms with Gasteiger partial charge >= 0.3 is 0 Å². The fourth-order valence-electron chi connectivity index (χ4n) is 6.11. The quantitative estimate of drug-likeness (QED) is 0.215. The zero-order valence-corrected chi connectivity index (χ0v) is 22.6. The standard InChI is InChI=1S/C36H24N3O2/c1-22-12-15-28-29-17-14-24(21-37)33(23-13-16-27-26-10-6-7-11-30(26)40-31(27)20-23)35(29)41-34(28)32(22)36-38(2)18-19-39(36)25-8-4-3-5-9-25/h3-20H,1-2H3/q+1. The molecule has 3 aromatic heterocycles. The number of hydrogen-bond acceptors (Lipinski definition) is 3. The second kappa shape index (κ2) is 8.70. The Morgan fingerprint density at radius 2 is 1.41 bits per heavy atom. The van der Waals surface area contributed by atoms with E-state index >= 15 is 0 Å². The number of aromatic nitrogens is 2. The van der Waals surface area contributed by atoms with Gasteiger partial charge < -0.3 is 8.83 Å². The molecule has 0 aliphatic rings. The van der Waals surface area contributed by atoms with Gasteiger partial charge in [-0.15, -0.1) is 0 Å². The summed E-state index contributed by atoms with van der Waals surface area (Å²) in [6.45, 7) is 2.11. The molecule has 0 fully saturated rings. The van der Waals surface area contributed by atoms with Crippen molar-refractivity contribution in [2.45, 2.75) is 6.92 Å². The Bertz CT molecular complexity index is 2350. The summed E-state index contributed by atoms with van der Waals surface area (Å²) in [4.78, 5) is 0. The van der Waals surface area contributed by atoms with Crippen molar-refractivity contribution in [2.24, 2.45) is 7.05 Å². The van der Waals surface area contributed by atoms with Gasteiger partial charge in [0.1, 0.15) is 40.4 Å². The first-order valence-electron chi connectivity index (χ1n) is 13.6. The highest BCUT2D eigenvalue weighted by Crippen LogP contribution is 2.43. The molecule has 0 saturated carbocycles. The van der Waals surface area contributed by atoms with Crippen LogP contribution in [0.15, 0.2) is 118 Å². The average Bonchev–Trinajstić information content (AvgIpc) is 3.69. The molecule has 0 unspecified atom stereocenters. The third-order valence-electron chi connectivity index (χ3n) is 8.07.